The zero-order chi connectivity index (χ0) is 14.5. The average molecular weight is 270 g/mol. The molecule has 0 N–H and O–H groups in total. The van der Waals surface area contributed by atoms with Crippen LogP contribution in [0.3, 0.4) is 0 Å². The summed E-state index contributed by atoms with van der Waals surface area (Å²) in [4.78, 5) is 0. The number of fused-ring (bicyclic) bond motifs is 3. The van der Waals surface area contributed by atoms with Crippen LogP contribution in [0.1, 0.15) is 82.9 Å². The van der Waals surface area contributed by atoms with Crippen molar-refractivity contribution in [3.63, 3.8) is 0 Å². The van der Waals surface area contributed by atoms with Crippen LogP contribution in [0.5, 0.6) is 0 Å². The Morgan fingerprint density at radius 3 is 2.55 bits per heavy atom. The largest absolute Gasteiger partial charge is 0.0596 e. The first kappa shape index (κ1) is 14.2. The summed E-state index contributed by atoms with van der Waals surface area (Å²) in [7, 11) is 0. The van der Waals surface area contributed by atoms with E-state index < -0.39 is 0 Å². The van der Waals surface area contributed by atoms with Crippen molar-refractivity contribution in [2.45, 2.75) is 78.1 Å². The average Bonchev–Trinajstić information content (AvgIpc) is 2.37. The van der Waals surface area contributed by atoms with Gasteiger partial charge >= 0.3 is 0 Å². The quantitative estimate of drug-likeness (QED) is 0.601. The summed E-state index contributed by atoms with van der Waals surface area (Å²) in [6, 6.07) is 7.34. The number of rotatable bonds is 1. The molecule has 1 aromatic rings. The van der Waals surface area contributed by atoms with E-state index in [0.29, 0.717) is 16.7 Å². The van der Waals surface area contributed by atoms with Gasteiger partial charge in [-0.05, 0) is 65.0 Å². The SMILES string of the molecule is CC(C)c1ccc2c(c1)[C@@]1(C)CCCC(C)(C)[C@@H]1CC2. The van der Waals surface area contributed by atoms with Crippen molar-refractivity contribution in [2.24, 2.45) is 11.3 Å². The molecule has 1 aromatic carbocycles. The van der Waals surface area contributed by atoms with Gasteiger partial charge in [0.1, 0.15) is 0 Å². The van der Waals surface area contributed by atoms with E-state index in [1.165, 1.54) is 37.7 Å². The van der Waals surface area contributed by atoms with Crippen LogP contribution < -0.4 is 0 Å². The van der Waals surface area contributed by atoms with Crippen molar-refractivity contribution in [3.8, 4) is 0 Å². The first-order chi connectivity index (χ1) is 9.34. The first-order valence-electron chi connectivity index (χ1n) is 8.48. The fraction of sp³-hybridized carbons (Fsp3) is 0.700. The van der Waals surface area contributed by atoms with Crippen LogP contribution in [0, 0.1) is 11.3 Å². The molecule has 0 bridgehead atoms. The normalized spacial score (nSPS) is 31.8. The minimum Gasteiger partial charge on any atom is -0.0596 e. The highest BCUT2D eigenvalue weighted by Crippen LogP contribution is 2.57. The highest BCUT2D eigenvalue weighted by molar-refractivity contribution is 5.42. The molecule has 0 spiro atoms. The predicted octanol–water partition coefficient (Wildman–Crippen LogP) is 5.84. The molecule has 1 saturated carbocycles. The second-order valence-electron chi connectivity index (χ2n) is 8.42. The third-order valence-electron chi connectivity index (χ3n) is 6.35. The van der Waals surface area contributed by atoms with Gasteiger partial charge in [-0.3, -0.25) is 0 Å². The predicted molar refractivity (Wildman–Crippen MR) is 87.3 cm³/mol. The maximum Gasteiger partial charge on any atom is -0.00390 e. The van der Waals surface area contributed by atoms with E-state index in [1.807, 2.05) is 0 Å². The van der Waals surface area contributed by atoms with Crippen LogP contribution in [-0.4, -0.2) is 0 Å². The molecular weight excluding hydrogens is 240 g/mol. The summed E-state index contributed by atoms with van der Waals surface area (Å²) >= 11 is 0. The molecule has 0 heterocycles. The Kier molecular flexibility index (Phi) is 3.27. The fourth-order valence-corrected chi connectivity index (χ4v) is 5.16. The molecule has 0 unspecified atom stereocenters. The molecule has 2 atom stereocenters. The van der Waals surface area contributed by atoms with Crippen molar-refractivity contribution in [1.82, 2.24) is 0 Å². The van der Waals surface area contributed by atoms with Crippen molar-refractivity contribution in [1.29, 1.82) is 0 Å². The molecule has 2 aliphatic carbocycles. The van der Waals surface area contributed by atoms with Gasteiger partial charge in [0.25, 0.3) is 0 Å². The smallest absolute Gasteiger partial charge is 0.00390 e. The molecule has 0 aromatic heterocycles. The maximum absolute atomic E-state index is 2.56. The second-order valence-corrected chi connectivity index (χ2v) is 8.42. The molecule has 0 aliphatic heterocycles. The van der Waals surface area contributed by atoms with Gasteiger partial charge in [0.05, 0.1) is 0 Å². The van der Waals surface area contributed by atoms with Crippen molar-refractivity contribution >= 4 is 0 Å². The van der Waals surface area contributed by atoms with Crippen LogP contribution in [0.2, 0.25) is 0 Å². The minimum atomic E-state index is 0.417. The van der Waals surface area contributed by atoms with Gasteiger partial charge in [0.15, 0.2) is 0 Å². The summed E-state index contributed by atoms with van der Waals surface area (Å²) in [6.45, 7) is 12.2. The molecule has 110 valence electrons. The van der Waals surface area contributed by atoms with Gasteiger partial charge in [0, 0.05) is 0 Å². The Morgan fingerprint density at radius 1 is 1.10 bits per heavy atom. The van der Waals surface area contributed by atoms with Gasteiger partial charge in [-0.2, -0.15) is 0 Å². The third-order valence-corrected chi connectivity index (χ3v) is 6.35. The van der Waals surface area contributed by atoms with Gasteiger partial charge in [0.2, 0.25) is 0 Å². The lowest BCUT2D eigenvalue weighted by Crippen LogP contribution is -2.47. The highest BCUT2D eigenvalue weighted by Gasteiger charge is 2.49. The Labute approximate surface area is 125 Å². The molecule has 1 fully saturated rings. The number of benzene rings is 1. The summed E-state index contributed by atoms with van der Waals surface area (Å²) in [5.41, 5.74) is 5.77. The lowest BCUT2D eigenvalue weighted by molar-refractivity contribution is 0.0407. The molecule has 2 aliphatic rings. The van der Waals surface area contributed by atoms with E-state index in [1.54, 1.807) is 11.1 Å². The zero-order valence-corrected chi connectivity index (χ0v) is 13.9. The summed E-state index contributed by atoms with van der Waals surface area (Å²) in [5.74, 6) is 1.50. The van der Waals surface area contributed by atoms with E-state index in [-0.39, 0.29) is 0 Å². The Morgan fingerprint density at radius 2 is 1.85 bits per heavy atom. The van der Waals surface area contributed by atoms with E-state index in [9.17, 15) is 0 Å². The zero-order valence-electron chi connectivity index (χ0n) is 13.9. The summed E-state index contributed by atoms with van der Waals surface area (Å²) in [6.07, 6.45) is 6.86. The van der Waals surface area contributed by atoms with E-state index in [4.69, 9.17) is 0 Å². The van der Waals surface area contributed by atoms with Gasteiger partial charge < -0.3 is 0 Å². The maximum atomic E-state index is 2.56. The second kappa shape index (κ2) is 4.61. The van der Waals surface area contributed by atoms with Gasteiger partial charge in [-0.15, -0.1) is 0 Å². The molecule has 0 radical (unpaired) electrons. The van der Waals surface area contributed by atoms with Crippen molar-refractivity contribution in [3.05, 3.63) is 34.9 Å². The Hall–Kier alpha value is -0.780. The standard InChI is InChI=1S/C20H30/c1-14(2)16-8-7-15-9-10-18-19(3,4)11-6-12-20(18,5)17(15)13-16/h7-8,13-14,18H,6,9-12H2,1-5H3/t18-,20+/m0/s1. The molecule has 0 saturated heterocycles. The summed E-state index contributed by atoms with van der Waals surface area (Å²) in [5, 5.41) is 0. The van der Waals surface area contributed by atoms with Crippen LogP contribution >= 0.6 is 0 Å². The first-order valence-corrected chi connectivity index (χ1v) is 8.48. The van der Waals surface area contributed by atoms with Gasteiger partial charge in [-0.1, -0.05) is 59.2 Å². The summed E-state index contributed by atoms with van der Waals surface area (Å²) < 4.78 is 0. The van der Waals surface area contributed by atoms with Crippen LogP contribution in [0.25, 0.3) is 0 Å². The molecule has 3 rings (SSSR count). The fourth-order valence-electron chi connectivity index (χ4n) is 5.16. The number of hydrogen-bond acceptors (Lipinski definition) is 0. The molecular formula is C20H30. The number of hydrogen-bond donors (Lipinski definition) is 0. The lowest BCUT2D eigenvalue weighted by atomic mass is 9.50. The monoisotopic (exact) mass is 270 g/mol. The molecule has 20 heavy (non-hydrogen) atoms. The lowest BCUT2D eigenvalue weighted by Gasteiger charge is -2.54. The van der Waals surface area contributed by atoms with Crippen LogP contribution in [-0.2, 0) is 11.8 Å². The van der Waals surface area contributed by atoms with E-state index in [0.717, 1.165) is 5.92 Å². The van der Waals surface area contributed by atoms with E-state index in [2.05, 4.69) is 52.8 Å². The topological polar surface area (TPSA) is 0 Å². The molecule has 0 nitrogen and oxygen atoms in total. The molecule has 0 amide bonds. The number of aryl methyl sites for hydroxylation is 1. The van der Waals surface area contributed by atoms with Crippen LogP contribution in [0.4, 0.5) is 0 Å². The Bertz CT molecular complexity index is 509. The molecule has 0 heteroatoms. The van der Waals surface area contributed by atoms with E-state index >= 15 is 0 Å². The minimum absolute atomic E-state index is 0.417. The van der Waals surface area contributed by atoms with Crippen LogP contribution in [0.15, 0.2) is 18.2 Å². The highest BCUT2D eigenvalue weighted by atomic mass is 14.5. The third kappa shape index (κ3) is 2.03. The van der Waals surface area contributed by atoms with Crippen molar-refractivity contribution < 1.29 is 0 Å². The van der Waals surface area contributed by atoms with Gasteiger partial charge in [-0.25, -0.2) is 0 Å². The Balaban J connectivity index is 2.10. The van der Waals surface area contributed by atoms with Crippen molar-refractivity contribution in [2.75, 3.05) is 0 Å².